The Hall–Kier alpha value is -1.47. The van der Waals surface area contributed by atoms with E-state index >= 15 is 0 Å². The summed E-state index contributed by atoms with van der Waals surface area (Å²) in [5.41, 5.74) is 6.22. The predicted molar refractivity (Wildman–Crippen MR) is 82.0 cm³/mol. The summed E-state index contributed by atoms with van der Waals surface area (Å²) < 4.78 is 0. The first-order valence-corrected chi connectivity index (χ1v) is 8.07. The Morgan fingerprint density at radius 3 is 2.24 bits per heavy atom. The van der Waals surface area contributed by atoms with Gasteiger partial charge in [0.2, 0.25) is 5.91 Å². The quantitative estimate of drug-likeness (QED) is 0.907. The molecule has 0 aromatic carbocycles. The van der Waals surface area contributed by atoms with Gasteiger partial charge < -0.3 is 15.5 Å². The second kappa shape index (κ2) is 6.53. The summed E-state index contributed by atoms with van der Waals surface area (Å²) in [6.45, 7) is 7.93. The number of amides is 2. The van der Waals surface area contributed by atoms with Crippen LogP contribution in [-0.4, -0.2) is 52.8 Å². The van der Waals surface area contributed by atoms with Crippen molar-refractivity contribution in [3.05, 3.63) is 16.1 Å². The summed E-state index contributed by atoms with van der Waals surface area (Å²) in [6, 6.07) is -0.155. The molecule has 2 heterocycles. The maximum Gasteiger partial charge on any atom is 0.273 e. The number of piperazine rings is 1. The maximum atomic E-state index is 12.4. The molecule has 7 heteroatoms. The average Bonchev–Trinajstić information content (AvgIpc) is 2.96. The number of carbonyl (C=O) groups is 2. The van der Waals surface area contributed by atoms with Crippen molar-refractivity contribution in [3.8, 4) is 0 Å². The number of rotatable bonds is 3. The van der Waals surface area contributed by atoms with E-state index in [0.29, 0.717) is 31.9 Å². The van der Waals surface area contributed by atoms with Crippen molar-refractivity contribution in [1.29, 1.82) is 0 Å². The molecule has 6 nitrogen and oxygen atoms in total. The third-order valence-corrected chi connectivity index (χ3v) is 4.55. The molecule has 1 aliphatic rings. The van der Waals surface area contributed by atoms with Crippen LogP contribution in [0.1, 0.15) is 42.3 Å². The normalized spacial score (nSPS) is 17.2. The first-order chi connectivity index (χ1) is 9.90. The molecule has 1 atom stereocenters. The van der Waals surface area contributed by atoms with E-state index in [0.717, 1.165) is 5.01 Å². The fraction of sp³-hybridized carbons (Fsp3) is 0.643. The van der Waals surface area contributed by atoms with Crippen LogP contribution < -0.4 is 5.73 Å². The van der Waals surface area contributed by atoms with Gasteiger partial charge in [0, 0.05) is 37.5 Å². The highest BCUT2D eigenvalue weighted by Gasteiger charge is 2.27. The van der Waals surface area contributed by atoms with E-state index in [-0.39, 0.29) is 23.8 Å². The molecule has 0 spiro atoms. The van der Waals surface area contributed by atoms with Crippen LogP contribution in [0.2, 0.25) is 0 Å². The second-order valence-corrected chi connectivity index (χ2v) is 6.52. The summed E-state index contributed by atoms with van der Waals surface area (Å²) in [6.07, 6.45) is 0. The van der Waals surface area contributed by atoms with Crippen molar-refractivity contribution in [2.75, 3.05) is 26.2 Å². The fourth-order valence-electron chi connectivity index (χ4n) is 2.25. The zero-order valence-electron chi connectivity index (χ0n) is 12.7. The standard InChI is InChI=1S/C14H22N4O2S/c1-9(2)13(19)17-4-6-18(7-5-17)14(20)11-8-21-12(16-11)10(3)15/h8-10H,4-7,15H2,1-3H3. The van der Waals surface area contributed by atoms with Gasteiger partial charge in [0.05, 0.1) is 6.04 Å². The zero-order chi connectivity index (χ0) is 15.6. The lowest BCUT2D eigenvalue weighted by atomic mass is 10.1. The number of hydrogen-bond acceptors (Lipinski definition) is 5. The zero-order valence-corrected chi connectivity index (χ0v) is 13.5. The molecular weight excluding hydrogens is 288 g/mol. The van der Waals surface area contributed by atoms with Crippen LogP contribution in [0.4, 0.5) is 0 Å². The van der Waals surface area contributed by atoms with Gasteiger partial charge in [-0.3, -0.25) is 9.59 Å². The summed E-state index contributed by atoms with van der Waals surface area (Å²) in [7, 11) is 0. The summed E-state index contributed by atoms with van der Waals surface area (Å²) in [5, 5.41) is 2.53. The van der Waals surface area contributed by atoms with Crippen LogP contribution in [0.5, 0.6) is 0 Å². The molecule has 21 heavy (non-hydrogen) atoms. The third kappa shape index (κ3) is 3.59. The van der Waals surface area contributed by atoms with Gasteiger partial charge >= 0.3 is 0 Å². The summed E-state index contributed by atoms with van der Waals surface area (Å²) in [5.74, 6) is 0.0733. The van der Waals surface area contributed by atoms with Gasteiger partial charge in [0.25, 0.3) is 5.91 Å². The summed E-state index contributed by atoms with van der Waals surface area (Å²) in [4.78, 5) is 32.2. The van der Waals surface area contributed by atoms with Gasteiger partial charge in [0.15, 0.2) is 0 Å². The lowest BCUT2D eigenvalue weighted by Crippen LogP contribution is -2.51. The Balaban J connectivity index is 1.95. The Kier molecular flexibility index (Phi) is 4.95. The average molecular weight is 310 g/mol. The molecular formula is C14H22N4O2S. The minimum atomic E-state index is -0.155. The van der Waals surface area contributed by atoms with Crippen molar-refractivity contribution < 1.29 is 9.59 Å². The molecule has 2 N–H and O–H groups in total. The van der Waals surface area contributed by atoms with Crippen LogP contribution in [0, 0.1) is 5.92 Å². The van der Waals surface area contributed by atoms with Crippen molar-refractivity contribution in [3.63, 3.8) is 0 Å². The van der Waals surface area contributed by atoms with Gasteiger partial charge in [-0.05, 0) is 6.92 Å². The topological polar surface area (TPSA) is 79.5 Å². The summed E-state index contributed by atoms with van der Waals surface area (Å²) >= 11 is 1.41. The smallest absolute Gasteiger partial charge is 0.273 e. The molecule has 1 aromatic rings. The first kappa shape index (κ1) is 15.9. The molecule has 2 rings (SSSR count). The van der Waals surface area contributed by atoms with Crippen molar-refractivity contribution in [2.24, 2.45) is 11.7 Å². The maximum absolute atomic E-state index is 12.4. The predicted octanol–water partition coefficient (Wildman–Crippen LogP) is 1.10. The first-order valence-electron chi connectivity index (χ1n) is 7.19. The van der Waals surface area contributed by atoms with Gasteiger partial charge in [-0.15, -0.1) is 11.3 Å². The van der Waals surface area contributed by atoms with E-state index in [1.807, 2.05) is 25.7 Å². The fourth-order valence-corrected chi connectivity index (χ4v) is 3.00. The van der Waals surface area contributed by atoms with Gasteiger partial charge in [-0.2, -0.15) is 0 Å². The molecule has 0 radical (unpaired) electrons. The highest BCUT2D eigenvalue weighted by Crippen LogP contribution is 2.18. The van der Waals surface area contributed by atoms with Crippen LogP contribution in [-0.2, 0) is 4.79 Å². The molecule has 1 aromatic heterocycles. The highest BCUT2D eigenvalue weighted by atomic mass is 32.1. The number of thiazole rings is 1. The molecule has 116 valence electrons. The molecule has 0 bridgehead atoms. The minimum Gasteiger partial charge on any atom is -0.339 e. The van der Waals surface area contributed by atoms with Crippen LogP contribution >= 0.6 is 11.3 Å². The van der Waals surface area contributed by atoms with E-state index in [4.69, 9.17) is 5.73 Å². The Morgan fingerprint density at radius 2 is 1.76 bits per heavy atom. The van der Waals surface area contributed by atoms with Crippen molar-refractivity contribution in [1.82, 2.24) is 14.8 Å². The number of carbonyl (C=O) groups excluding carboxylic acids is 2. The number of aromatic nitrogens is 1. The van der Waals surface area contributed by atoms with Gasteiger partial charge in [0.1, 0.15) is 10.7 Å². The lowest BCUT2D eigenvalue weighted by molar-refractivity contribution is -0.135. The van der Waals surface area contributed by atoms with E-state index < -0.39 is 0 Å². The van der Waals surface area contributed by atoms with Crippen LogP contribution in [0.15, 0.2) is 5.38 Å². The molecule has 2 amide bonds. The van der Waals surface area contributed by atoms with E-state index in [1.54, 1.807) is 10.3 Å². The van der Waals surface area contributed by atoms with Crippen molar-refractivity contribution in [2.45, 2.75) is 26.8 Å². The molecule has 1 unspecified atom stereocenters. The van der Waals surface area contributed by atoms with Crippen molar-refractivity contribution >= 4 is 23.2 Å². The number of nitrogens with zero attached hydrogens (tertiary/aromatic N) is 3. The monoisotopic (exact) mass is 310 g/mol. The third-order valence-electron chi connectivity index (χ3n) is 3.50. The van der Waals surface area contributed by atoms with Crippen LogP contribution in [0.3, 0.4) is 0 Å². The van der Waals surface area contributed by atoms with E-state index in [9.17, 15) is 9.59 Å². The molecule has 1 fully saturated rings. The van der Waals surface area contributed by atoms with E-state index in [1.165, 1.54) is 11.3 Å². The molecule has 1 saturated heterocycles. The number of nitrogens with two attached hydrogens (primary N) is 1. The van der Waals surface area contributed by atoms with Crippen LogP contribution in [0.25, 0.3) is 0 Å². The highest BCUT2D eigenvalue weighted by molar-refractivity contribution is 7.09. The minimum absolute atomic E-state index is 0.000563. The SMILES string of the molecule is CC(C)C(=O)N1CCN(C(=O)c2csc(C(C)N)n2)CC1. The molecule has 0 aliphatic carbocycles. The Morgan fingerprint density at radius 1 is 1.19 bits per heavy atom. The molecule has 1 aliphatic heterocycles. The number of hydrogen-bond donors (Lipinski definition) is 1. The lowest BCUT2D eigenvalue weighted by Gasteiger charge is -2.35. The van der Waals surface area contributed by atoms with Gasteiger partial charge in [-0.1, -0.05) is 13.8 Å². The molecule has 0 saturated carbocycles. The Bertz CT molecular complexity index is 519. The largest absolute Gasteiger partial charge is 0.339 e. The second-order valence-electron chi connectivity index (χ2n) is 5.63. The van der Waals surface area contributed by atoms with E-state index in [2.05, 4.69) is 4.98 Å². The van der Waals surface area contributed by atoms with Gasteiger partial charge in [-0.25, -0.2) is 4.98 Å². The Labute approximate surface area is 128 Å².